The minimum Gasteiger partial charge on any atom is -0.317 e. The quantitative estimate of drug-likeness (QED) is 0.529. The van der Waals surface area contributed by atoms with Gasteiger partial charge in [0.05, 0.1) is 0 Å². The number of aryl methyl sites for hydroxylation is 2. The second-order valence-electron chi connectivity index (χ2n) is 4.67. The van der Waals surface area contributed by atoms with E-state index in [1.165, 1.54) is 36.8 Å². The fourth-order valence-corrected chi connectivity index (χ4v) is 2.16. The van der Waals surface area contributed by atoms with Gasteiger partial charge in [0.1, 0.15) is 0 Å². The summed E-state index contributed by atoms with van der Waals surface area (Å²) in [5.74, 6) is 0. The third-order valence-electron chi connectivity index (χ3n) is 3.39. The first-order valence-corrected chi connectivity index (χ1v) is 6.60. The molecule has 1 atom stereocenters. The van der Waals surface area contributed by atoms with Gasteiger partial charge in [-0.1, -0.05) is 30.3 Å². The lowest BCUT2D eigenvalue weighted by molar-refractivity contribution is 0.476. The molecule has 1 N–H and O–H groups in total. The molecule has 0 aliphatic carbocycles. The van der Waals surface area contributed by atoms with Gasteiger partial charge in [0, 0.05) is 6.04 Å². The summed E-state index contributed by atoms with van der Waals surface area (Å²) < 4.78 is 0. The van der Waals surface area contributed by atoms with Crippen molar-refractivity contribution in [3.05, 3.63) is 48.0 Å². The van der Waals surface area contributed by atoms with E-state index in [1.807, 2.05) is 6.08 Å². The molecule has 0 heterocycles. The van der Waals surface area contributed by atoms with Crippen LogP contribution < -0.4 is 5.32 Å². The van der Waals surface area contributed by atoms with Crippen LogP contribution in [0.25, 0.3) is 0 Å². The molecule has 0 fully saturated rings. The second kappa shape index (κ2) is 8.08. The van der Waals surface area contributed by atoms with Gasteiger partial charge in [-0.2, -0.15) is 0 Å². The van der Waals surface area contributed by atoms with Crippen LogP contribution in [0.1, 0.15) is 36.8 Å². The molecule has 0 saturated carbocycles. The first-order valence-electron chi connectivity index (χ1n) is 6.60. The molecule has 0 radical (unpaired) electrons. The molecule has 0 saturated heterocycles. The smallest absolute Gasteiger partial charge is 0.00673 e. The Bertz CT molecular complexity index is 330. The topological polar surface area (TPSA) is 12.0 Å². The zero-order valence-corrected chi connectivity index (χ0v) is 11.2. The van der Waals surface area contributed by atoms with Gasteiger partial charge < -0.3 is 5.32 Å². The van der Waals surface area contributed by atoms with Gasteiger partial charge in [0.25, 0.3) is 0 Å². The van der Waals surface area contributed by atoms with Gasteiger partial charge in [-0.15, -0.1) is 6.58 Å². The van der Waals surface area contributed by atoms with Crippen LogP contribution in [0.5, 0.6) is 0 Å². The third-order valence-corrected chi connectivity index (χ3v) is 3.39. The third kappa shape index (κ3) is 5.18. The van der Waals surface area contributed by atoms with Crippen LogP contribution >= 0.6 is 0 Å². The average Bonchev–Trinajstić information content (AvgIpc) is 2.35. The highest BCUT2D eigenvalue weighted by molar-refractivity contribution is 5.25. The fraction of sp³-hybridized carbons (Fsp3) is 0.500. The lowest BCUT2D eigenvalue weighted by Gasteiger charge is -2.16. The maximum atomic E-state index is 3.77. The average molecular weight is 231 g/mol. The van der Waals surface area contributed by atoms with Crippen LogP contribution in [-0.2, 0) is 6.42 Å². The Labute approximate surface area is 106 Å². The zero-order chi connectivity index (χ0) is 12.5. The van der Waals surface area contributed by atoms with Crippen LogP contribution in [0.15, 0.2) is 36.9 Å². The molecule has 1 aromatic rings. The molecule has 1 rings (SSSR count). The van der Waals surface area contributed by atoms with E-state index in [-0.39, 0.29) is 0 Å². The molecule has 0 aliphatic heterocycles. The van der Waals surface area contributed by atoms with Gasteiger partial charge in [0.2, 0.25) is 0 Å². The van der Waals surface area contributed by atoms with Crippen molar-refractivity contribution in [2.24, 2.45) is 0 Å². The van der Waals surface area contributed by atoms with Crippen LogP contribution in [0.4, 0.5) is 0 Å². The molecule has 0 bridgehead atoms. The predicted molar refractivity (Wildman–Crippen MR) is 76.4 cm³/mol. The number of hydrogen-bond donors (Lipinski definition) is 1. The van der Waals surface area contributed by atoms with Crippen molar-refractivity contribution in [2.75, 3.05) is 7.05 Å². The van der Waals surface area contributed by atoms with E-state index in [0.717, 1.165) is 6.42 Å². The van der Waals surface area contributed by atoms with Crippen LogP contribution in [-0.4, -0.2) is 13.1 Å². The molecule has 0 aliphatic rings. The van der Waals surface area contributed by atoms with Gasteiger partial charge in [-0.05, 0) is 57.2 Å². The van der Waals surface area contributed by atoms with E-state index in [0.29, 0.717) is 6.04 Å². The molecule has 0 amide bonds. The van der Waals surface area contributed by atoms with Crippen molar-refractivity contribution >= 4 is 0 Å². The Morgan fingerprint density at radius 1 is 1.29 bits per heavy atom. The molecular formula is C16H25N. The van der Waals surface area contributed by atoms with Crippen molar-refractivity contribution in [3.63, 3.8) is 0 Å². The van der Waals surface area contributed by atoms with E-state index in [2.05, 4.69) is 50.1 Å². The van der Waals surface area contributed by atoms with Gasteiger partial charge >= 0.3 is 0 Å². The number of benzene rings is 1. The highest BCUT2D eigenvalue weighted by Gasteiger charge is 2.06. The van der Waals surface area contributed by atoms with E-state index in [1.54, 1.807) is 0 Å². The van der Waals surface area contributed by atoms with Crippen molar-refractivity contribution in [1.29, 1.82) is 0 Å². The maximum absolute atomic E-state index is 3.77. The van der Waals surface area contributed by atoms with Gasteiger partial charge in [-0.3, -0.25) is 0 Å². The summed E-state index contributed by atoms with van der Waals surface area (Å²) in [6, 6.07) is 9.31. The summed E-state index contributed by atoms with van der Waals surface area (Å²) in [6.45, 7) is 5.96. The number of hydrogen-bond acceptors (Lipinski definition) is 1. The van der Waals surface area contributed by atoms with E-state index in [9.17, 15) is 0 Å². The lowest BCUT2D eigenvalue weighted by atomic mass is 9.98. The summed E-state index contributed by atoms with van der Waals surface area (Å²) in [5, 5.41) is 3.42. The van der Waals surface area contributed by atoms with Crippen molar-refractivity contribution in [3.8, 4) is 0 Å². The molecule has 0 spiro atoms. The molecule has 0 aromatic heterocycles. The molecule has 1 aromatic carbocycles. The summed E-state index contributed by atoms with van der Waals surface area (Å²) in [5.41, 5.74) is 2.89. The molecule has 17 heavy (non-hydrogen) atoms. The van der Waals surface area contributed by atoms with Gasteiger partial charge in [0.15, 0.2) is 0 Å². The normalized spacial score (nSPS) is 12.4. The first kappa shape index (κ1) is 14.0. The molecule has 1 heteroatoms. The SMILES string of the molecule is C=CCCCC(CCc1ccccc1C)NC. The molecule has 1 nitrogen and oxygen atoms in total. The van der Waals surface area contributed by atoms with Crippen LogP contribution in [0, 0.1) is 6.92 Å². The summed E-state index contributed by atoms with van der Waals surface area (Å²) in [6.07, 6.45) is 8.01. The maximum Gasteiger partial charge on any atom is 0.00673 e. The minimum absolute atomic E-state index is 0.634. The predicted octanol–water partition coefficient (Wildman–Crippen LogP) is 3.87. The van der Waals surface area contributed by atoms with E-state index < -0.39 is 0 Å². The molecule has 1 unspecified atom stereocenters. The van der Waals surface area contributed by atoms with Crippen LogP contribution in [0.2, 0.25) is 0 Å². The highest BCUT2D eigenvalue weighted by Crippen LogP contribution is 2.13. The zero-order valence-electron chi connectivity index (χ0n) is 11.2. The lowest BCUT2D eigenvalue weighted by Crippen LogP contribution is -2.25. The number of allylic oxidation sites excluding steroid dienone is 1. The standard InChI is InChI=1S/C16H25N/c1-4-5-6-11-16(17-3)13-12-15-10-8-7-9-14(15)2/h4,7-10,16-17H,1,5-6,11-13H2,2-3H3. The number of unbranched alkanes of at least 4 members (excludes halogenated alkanes) is 1. The Morgan fingerprint density at radius 3 is 2.71 bits per heavy atom. The molecule has 94 valence electrons. The summed E-state index contributed by atoms with van der Waals surface area (Å²) in [7, 11) is 2.07. The van der Waals surface area contributed by atoms with Crippen molar-refractivity contribution < 1.29 is 0 Å². The monoisotopic (exact) mass is 231 g/mol. The Hall–Kier alpha value is -1.08. The highest BCUT2D eigenvalue weighted by atomic mass is 14.9. The molecular weight excluding hydrogens is 206 g/mol. The Balaban J connectivity index is 2.37. The van der Waals surface area contributed by atoms with Crippen LogP contribution in [0.3, 0.4) is 0 Å². The first-order chi connectivity index (χ1) is 8.27. The minimum atomic E-state index is 0.634. The largest absolute Gasteiger partial charge is 0.317 e. The van der Waals surface area contributed by atoms with Crippen molar-refractivity contribution in [1.82, 2.24) is 5.32 Å². The fourth-order valence-electron chi connectivity index (χ4n) is 2.16. The van der Waals surface area contributed by atoms with Gasteiger partial charge in [-0.25, -0.2) is 0 Å². The summed E-state index contributed by atoms with van der Waals surface area (Å²) >= 11 is 0. The number of rotatable bonds is 8. The van der Waals surface area contributed by atoms with Crippen molar-refractivity contribution in [2.45, 2.75) is 45.1 Å². The van der Waals surface area contributed by atoms with E-state index >= 15 is 0 Å². The summed E-state index contributed by atoms with van der Waals surface area (Å²) in [4.78, 5) is 0. The Kier molecular flexibility index (Phi) is 6.64. The van der Waals surface area contributed by atoms with E-state index in [4.69, 9.17) is 0 Å². The number of nitrogens with one attached hydrogen (secondary N) is 1. The Morgan fingerprint density at radius 2 is 2.06 bits per heavy atom. The second-order valence-corrected chi connectivity index (χ2v) is 4.67.